The minimum absolute atomic E-state index is 0.00961. The van der Waals surface area contributed by atoms with Crippen LogP contribution in [0.1, 0.15) is 213 Å². The molecule has 456 valence electrons. The Morgan fingerprint density at radius 1 is 0.775 bits per heavy atom. The van der Waals surface area contributed by atoms with Gasteiger partial charge in [-0.15, -0.1) is 0 Å². The van der Waals surface area contributed by atoms with Crippen molar-refractivity contribution in [3.63, 3.8) is 0 Å². The lowest BCUT2D eigenvalue weighted by Gasteiger charge is -2.59. The highest BCUT2D eigenvalue weighted by atomic mass is 28.4. The van der Waals surface area contributed by atoms with E-state index in [2.05, 4.69) is 140 Å². The van der Waals surface area contributed by atoms with Crippen LogP contribution in [-0.2, 0) is 37.4 Å². The zero-order valence-electron chi connectivity index (χ0n) is 54.1. The lowest BCUT2D eigenvalue weighted by Crippen LogP contribution is -2.58. The average molecular weight is 1150 g/mol. The van der Waals surface area contributed by atoms with Crippen LogP contribution in [0.15, 0.2) is 58.7 Å². The molecular weight excluding hydrogens is 1030 g/mol. The molecule has 6 saturated carbocycles. The molecule has 0 aromatic carbocycles. The van der Waals surface area contributed by atoms with E-state index in [-0.39, 0.29) is 75.4 Å². The average Bonchev–Trinajstić information content (AvgIpc) is 3.92. The molecule has 7 aliphatic carbocycles. The van der Waals surface area contributed by atoms with Crippen molar-refractivity contribution >= 4 is 28.6 Å². The lowest BCUT2D eigenvalue weighted by molar-refractivity contribution is -0.165. The number of fused-ring (bicyclic) bond motifs is 6. The predicted molar refractivity (Wildman–Crippen MR) is 331 cm³/mol. The fourth-order valence-corrected chi connectivity index (χ4v) is 18.6. The molecule has 0 bridgehead atoms. The maximum absolute atomic E-state index is 12.8. The molecule has 12 heteroatoms. The molecule has 0 radical (unpaired) electrons. The fraction of sp³-hybridized carbons (Fsp3) is 0.824. The minimum Gasteiger partial charge on any atom is -0.464 e. The van der Waals surface area contributed by atoms with Gasteiger partial charge in [-0.25, -0.2) is 9.59 Å². The van der Waals surface area contributed by atoms with Gasteiger partial charge >= 0.3 is 11.9 Å². The van der Waals surface area contributed by atoms with E-state index in [1.807, 2.05) is 20.8 Å². The Morgan fingerprint density at radius 2 is 1.39 bits per heavy atom. The Bertz CT molecular complexity index is 2260. The predicted octanol–water partition coefficient (Wildman–Crippen LogP) is 16.3. The number of allylic oxidation sites excluding steroid dienone is 6. The largest absolute Gasteiger partial charge is 0.464 e. The van der Waals surface area contributed by atoms with Crippen LogP contribution in [0.2, 0.25) is 36.3 Å². The van der Waals surface area contributed by atoms with Gasteiger partial charge in [-0.05, 0) is 205 Å². The van der Waals surface area contributed by atoms with Crippen molar-refractivity contribution < 1.29 is 47.6 Å². The molecular formula is C68H116O10Si2. The Labute approximate surface area is 489 Å². The fourth-order valence-electron chi connectivity index (χ4n) is 15.8. The van der Waals surface area contributed by atoms with Gasteiger partial charge in [0.1, 0.15) is 12.7 Å². The molecule has 15 atom stereocenters. The molecule has 0 heterocycles. The summed E-state index contributed by atoms with van der Waals surface area (Å²) < 4.78 is 38.3. The van der Waals surface area contributed by atoms with Gasteiger partial charge in [0.15, 0.2) is 22.7 Å². The summed E-state index contributed by atoms with van der Waals surface area (Å²) >= 11 is 0. The Kier molecular flexibility index (Phi) is 22.3. The van der Waals surface area contributed by atoms with E-state index in [0.717, 1.165) is 75.4 Å². The van der Waals surface area contributed by atoms with Crippen LogP contribution in [0.5, 0.6) is 0 Å². The van der Waals surface area contributed by atoms with Gasteiger partial charge in [-0.3, -0.25) is 0 Å². The highest BCUT2D eigenvalue weighted by Gasteiger charge is 2.61. The monoisotopic (exact) mass is 1150 g/mol. The quantitative estimate of drug-likeness (QED) is 0.0952. The number of rotatable bonds is 19. The minimum atomic E-state index is -2.05. The summed E-state index contributed by atoms with van der Waals surface area (Å²) in [5.41, 5.74) is 6.66. The van der Waals surface area contributed by atoms with E-state index in [0.29, 0.717) is 55.5 Å². The van der Waals surface area contributed by atoms with E-state index in [4.69, 9.17) is 27.8 Å². The van der Waals surface area contributed by atoms with Crippen LogP contribution in [-0.4, -0.2) is 101 Å². The van der Waals surface area contributed by atoms with Gasteiger partial charge in [0.05, 0.1) is 43.2 Å². The zero-order chi connectivity index (χ0) is 59.6. The van der Waals surface area contributed by atoms with Crippen molar-refractivity contribution in [1.29, 1.82) is 0 Å². The smallest absolute Gasteiger partial charge is 0.335 e. The van der Waals surface area contributed by atoms with Crippen LogP contribution in [0.3, 0.4) is 0 Å². The molecule has 3 unspecified atom stereocenters. The van der Waals surface area contributed by atoms with Crippen molar-refractivity contribution in [2.24, 2.45) is 45.8 Å². The number of carbonyl (C=O) groups is 2. The van der Waals surface area contributed by atoms with Crippen LogP contribution < -0.4 is 0 Å². The van der Waals surface area contributed by atoms with Crippen LogP contribution in [0, 0.1) is 45.8 Å². The van der Waals surface area contributed by atoms with Crippen LogP contribution >= 0.6 is 0 Å². The lowest BCUT2D eigenvalue weighted by atomic mass is 9.49. The first-order chi connectivity index (χ1) is 37.2. The van der Waals surface area contributed by atoms with E-state index in [9.17, 15) is 19.8 Å². The summed E-state index contributed by atoms with van der Waals surface area (Å²) in [5, 5.41) is 20.5. The standard InChI is InChI=1S/C40H72O5Si2.C28H44O5/c1-16-18-34(36(41)42-17-2)43-27(3)31-21-22-32-30-20-19-28-25-29(44-46(12,13)37(4,5)6)26-35(45-47(14,15)38(7,8)9)40(28,11)33(30)23-24-39(31,32)10;1-6-23(7-2)33-27(31)17-32-19(4)24-12-13-25-20(9-8-14-28(24,25)5)10-11-21-15-22(29)16-26(30)18(21)3/h19-20,27,29,31-35H,16-18,21-26H2,1-15H3;10-11,19,22-26,29-30H,3,6-9,12-17H2,1-2,4-5H3/t27-,29+,31+,32?,33?,34?,35-,39+,40-;19-,22+,24+,25-,26-,28+/m00/s1. The third kappa shape index (κ3) is 14.4. The third-order valence-electron chi connectivity index (χ3n) is 22.8. The van der Waals surface area contributed by atoms with E-state index < -0.39 is 34.9 Å². The summed E-state index contributed by atoms with van der Waals surface area (Å²) in [7, 11) is -3.98. The molecule has 7 aliphatic rings. The summed E-state index contributed by atoms with van der Waals surface area (Å²) in [6.07, 6.45) is 24.7. The molecule has 6 fully saturated rings. The van der Waals surface area contributed by atoms with Gasteiger partial charge in [0.25, 0.3) is 0 Å². The second-order valence-corrected chi connectivity index (χ2v) is 39.3. The summed E-state index contributed by atoms with van der Waals surface area (Å²) in [4.78, 5) is 25.0. The van der Waals surface area contributed by atoms with Crippen molar-refractivity contribution in [2.75, 3.05) is 13.2 Å². The summed E-state index contributed by atoms with van der Waals surface area (Å²) in [5.74, 6) is 1.90. The van der Waals surface area contributed by atoms with Gasteiger partial charge in [-0.2, -0.15) is 0 Å². The third-order valence-corrected chi connectivity index (χ3v) is 31.8. The summed E-state index contributed by atoms with van der Waals surface area (Å²) in [6, 6.07) is 0. The van der Waals surface area contributed by atoms with Crippen molar-refractivity contribution in [1.82, 2.24) is 0 Å². The molecule has 0 aliphatic heterocycles. The first-order valence-corrected chi connectivity index (χ1v) is 37.9. The number of ether oxygens (including phenoxy) is 4. The normalized spacial score (nSPS) is 35.0. The second kappa shape index (κ2) is 26.6. The molecule has 80 heavy (non-hydrogen) atoms. The molecule has 0 saturated heterocycles. The number of aliphatic hydroxyl groups is 2. The van der Waals surface area contributed by atoms with Crippen molar-refractivity contribution in [3.05, 3.63) is 58.7 Å². The number of hydrogen-bond donors (Lipinski definition) is 2. The SMILES string of the molecule is C=C1C(=CC=C2CCC[C@]3(C)[C@@H]([C@H](C)OCC(=O)OC(CC)CC)CC[C@@H]23)C[C@@H](O)C[C@@H]1O.CCCC(O[C@@H](C)[C@H]1CCC2C3=CC=C4C[C@@H](O[Si](C)(C)C(C)(C)C)C[C@H](O[Si](C)(C)C(C)(C)C)[C@]4(C)C3CC[C@@]21C)C(=O)OCC. The highest BCUT2D eigenvalue weighted by molar-refractivity contribution is 6.74. The van der Waals surface area contributed by atoms with Gasteiger partial charge in [0, 0.05) is 11.8 Å². The van der Waals surface area contributed by atoms with Crippen molar-refractivity contribution in [3.8, 4) is 0 Å². The number of esters is 2. The molecule has 2 N–H and O–H groups in total. The van der Waals surface area contributed by atoms with Gasteiger partial charge in [-0.1, -0.05) is 137 Å². The van der Waals surface area contributed by atoms with E-state index >= 15 is 0 Å². The topological polar surface area (TPSA) is 130 Å². The second-order valence-electron chi connectivity index (χ2n) is 29.8. The van der Waals surface area contributed by atoms with Gasteiger partial charge < -0.3 is 38.0 Å². The molecule has 0 aromatic heterocycles. The molecule has 10 nitrogen and oxygen atoms in total. The number of aliphatic hydroxyl groups excluding tert-OH is 2. The number of carbonyl (C=O) groups excluding carboxylic acids is 2. The zero-order valence-corrected chi connectivity index (χ0v) is 56.1. The van der Waals surface area contributed by atoms with Gasteiger partial charge in [0.2, 0.25) is 0 Å². The Morgan fingerprint density at radius 3 is 2.00 bits per heavy atom. The van der Waals surface area contributed by atoms with E-state index in [1.165, 1.54) is 31.3 Å². The molecule has 0 amide bonds. The molecule has 0 spiro atoms. The Balaban J connectivity index is 0.000000274. The summed E-state index contributed by atoms with van der Waals surface area (Å²) in [6.45, 7) is 48.2. The Hall–Kier alpha value is -2.17. The maximum Gasteiger partial charge on any atom is 0.335 e. The number of hydrogen-bond acceptors (Lipinski definition) is 10. The molecule has 0 aromatic rings. The van der Waals surface area contributed by atoms with Crippen LogP contribution in [0.25, 0.3) is 0 Å². The first-order valence-electron chi connectivity index (χ1n) is 32.1. The molecule has 7 rings (SSSR count). The maximum atomic E-state index is 12.8. The first kappa shape index (κ1) is 67.0. The van der Waals surface area contributed by atoms with Crippen LogP contribution in [0.4, 0.5) is 0 Å². The van der Waals surface area contributed by atoms with E-state index in [1.54, 1.807) is 11.1 Å². The highest BCUT2D eigenvalue weighted by Crippen LogP contribution is 2.67. The van der Waals surface area contributed by atoms with Crippen molar-refractivity contribution in [2.45, 2.75) is 298 Å².